The zero-order valence-electron chi connectivity index (χ0n) is 9.58. The highest BCUT2D eigenvalue weighted by atomic mass is 80.0. The number of hydrogen-bond acceptors (Lipinski definition) is 0. The third-order valence-corrected chi connectivity index (χ3v) is 26.6. The molecule has 139 valence electrons. The Morgan fingerprint density at radius 2 is 0.652 bits per heavy atom. The highest BCUT2D eigenvalue weighted by Crippen LogP contribution is 2.77. The Labute approximate surface area is 260 Å². The Morgan fingerprint density at radius 1 is 0.391 bits per heavy atom. The smallest absolute Gasteiger partial charge is 0.202 e. The van der Waals surface area contributed by atoms with Crippen molar-refractivity contribution in [3.63, 3.8) is 0 Å². The summed E-state index contributed by atoms with van der Waals surface area (Å²) in [6.45, 7) is 0. The summed E-state index contributed by atoms with van der Waals surface area (Å²) in [6.07, 6.45) is 0. The predicted molar refractivity (Wildman–Crippen MR) is 154 cm³/mol. The molecule has 0 aromatic carbocycles. The lowest BCUT2D eigenvalue weighted by Crippen LogP contribution is -2.69. The van der Waals surface area contributed by atoms with Gasteiger partial charge >= 0.3 is 0 Å². The second-order valence-corrected chi connectivity index (χ2v) is 32.2. The number of alkyl halides is 15. The largest absolute Gasteiger partial charge is 0.239 e. The monoisotopic (exact) mass is 1280 g/mol. The van der Waals surface area contributed by atoms with Crippen molar-refractivity contribution in [3.05, 3.63) is 0 Å². The molecule has 16 heteroatoms. The van der Waals surface area contributed by atoms with Gasteiger partial charge in [0.1, 0.15) is 10.8 Å². The van der Waals surface area contributed by atoms with E-state index in [2.05, 4.69) is 239 Å². The lowest BCUT2D eigenvalue weighted by molar-refractivity contribution is 0.136. The zero-order valence-corrected chi connectivity index (χ0v) is 33.4. The van der Waals surface area contributed by atoms with Crippen LogP contribution in [0, 0.1) is 0 Å². The number of halogens is 15. The predicted octanol–water partition coefficient (Wildman–Crippen LogP) is 11.1. The van der Waals surface area contributed by atoms with E-state index in [0.717, 1.165) is 0 Å². The molecule has 0 aliphatic rings. The molecule has 0 heterocycles. The van der Waals surface area contributed by atoms with Gasteiger partial charge in [0.2, 0.25) is 3.42 Å². The maximum Gasteiger partial charge on any atom is 0.239 e. The Balaban J connectivity index is 6.65. The summed E-state index contributed by atoms with van der Waals surface area (Å²) in [6, 6.07) is 0. The van der Waals surface area contributed by atoms with Crippen molar-refractivity contribution in [3.8, 4) is 0 Å². The molecule has 0 unspecified atom stereocenters. The Kier molecular flexibility index (Phi) is 12.5. The molecule has 1 nitrogen and oxygen atoms in total. The van der Waals surface area contributed by atoms with Crippen LogP contribution in [0.2, 0.25) is 0 Å². The molecule has 0 saturated heterocycles. The van der Waals surface area contributed by atoms with Crippen LogP contribution in [0.15, 0.2) is 0 Å². The third kappa shape index (κ3) is 5.75. The molecule has 0 N–H and O–H groups in total. The third-order valence-electron chi connectivity index (χ3n) is 2.37. The summed E-state index contributed by atoms with van der Waals surface area (Å²) in [7, 11) is 0. The average molecular weight is 1300 g/mol. The second kappa shape index (κ2) is 9.57. The summed E-state index contributed by atoms with van der Waals surface area (Å²) in [5.74, 6) is 0. The molecule has 23 heavy (non-hydrogen) atoms. The van der Waals surface area contributed by atoms with Crippen molar-refractivity contribution in [2.45, 2.75) is 21.7 Å². The summed E-state index contributed by atoms with van der Waals surface area (Å²) in [5, 5.41) is 12.6. The standard InChI is InChI=1S/C7Br15O/c8-1(5(15,16)17,6(18,19)20)2(9,10)3(11,12)4(13,14)7(21,22)23. The van der Waals surface area contributed by atoms with E-state index in [1.54, 1.807) is 0 Å². The van der Waals surface area contributed by atoms with Crippen LogP contribution in [0.3, 0.4) is 0 Å². The molecule has 0 amide bonds. The van der Waals surface area contributed by atoms with Crippen molar-refractivity contribution in [1.29, 1.82) is 0 Å². The minimum absolute atomic E-state index is 0.892. The first-order valence-corrected chi connectivity index (χ1v) is 16.4. The first-order chi connectivity index (χ1) is 9.50. The van der Waals surface area contributed by atoms with Crippen molar-refractivity contribution in [2.24, 2.45) is 0 Å². The zero-order chi connectivity index (χ0) is 19.5. The molecule has 0 aromatic rings. The van der Waals surface area contributed by atoms with E-state index in [1.807, 2.05) is 0 Å². The van der Waals surface area contributed by atoms with Crippen LogP contribution < -0.4 is 0 Å². The van der Waals surface area contributed by atoms with Gasteiger partial charge < -0.3 is 0 Å². The molecular formula is C7Br15O. The van der Waals surface area contributed by atoms with Gasteiger partial charge in [-0.2, -0.15) is 0 Å². The van der Waals surface area contributed by atoms with Crippen molar-refractivity contribution in [1.82, 2.24) is 0 Å². The summed E-state index contributed by atoms with van der Waals surface area (Å²) in [5.41, 5.74) is 0. The van der Waals surface area contributed by atoms with Gasteiger partial charge in [-0.25, -0.2) is 5.11 Å². The number of hydrogen-bond donors (Lipinski definition) is 0. The van der Waals surface area contributed by atoms with Crippen molar-refractivity contribution < 1.29 is 5.11 Å². The average Bonchev–Trinajstić information content (AvgIpc) is 2.22. The second-order valence-electron chi connectivity index (χ2n) is 3.89. The van der Waals surface area contributed by atoms with Gasteiger partial charge in [0.05, 0.1) is 0 Å². The molecule has 0 spiro atoms. The Bertz CT molecular complexity index is 422. The molecular weight excluding hydrogens is 1300 g/mol. The van der Waals surface area contributed by atoms with Crippen LogP contribution in [0.1, 0.15) is 0 Å². The Hall–Kier alpha value is 7.16. The fourth-order valence-corrected chi connectivity index (χ4v) is 17.4. The van der Waals surface area contributed by atoms with E-state index in [0.29, 0.717) is 0 Å². The fourth-order valence-electron chi connectivity index (χ4n) is 1.11. The van der Waals surface area contributed by atoms with E-state index in [4.69, 9.17) is 0 Å². The Morgan fingerprint density at radius 3 is 0.826 bits per heavy atom. The van der Waals surface area contributed by atoms with Crippen LogP contribution in [-0.2, 0) is 5.11 Å². The van der Waals surface area contributed by atoms with Gasteiger partial charge in [-0.15, -0.1) is 0 Å². The summed E-state index contributed by atoms with van der Waals surface area (Å²) in [4.78, 5) is 0. The minimum atomic E-state index is -1.80. The van der Waals surface area contributed by atoms with E-state index in [9.17, 15) is 5.11 Å². The molecule has 0 aromatic heterocycles. The molecule has 0 fully saturated rings. The molecule has 0 rings (SSSR count). The van der Waals surface area contributed by atoms with Gasteiger partial charge in [0, 0.05) is 0 Å². The quantitative estimate of drug-likeness (QED) is 0.250. The number of rotatable bonds is 4. The lowest BCUT2D eigenvalue weighted by atomic mass is 10.0. The fraction of sp³-hybridized carbons (Fsp3) is 1.00. The minimum Gasteiger partial charge on any atom is -0.202 e. The van der Waals surface area contributed by atoms with E-state index in [-0.39, 0.29) is 0 Å². The van der Waals surface area contributed by atoms with Crippen LogP contribution in [0.4, 0.5) is 0 Å². The first-order valence-electron chi connectivity index (χ1n) is 4.54. The molecule has 1 radical (unpaired) electrons. The van der Waals surface area contributed by atoms with Crippen LogP contribution in [0.25, 0.3) is 0 Å². The molecule has 0 atom stereocenters. The van der Waals surface area contributed by atoms with E-state index >= 15 is 0 Å². The molecule has 0 saturated carbocycles. The summed E-state index contributed by atoms with van der Waals surface area (Å²) < 4.78 is -8.17. The molecule has 0 aliphatic carbocycles. The van der Waals surface area contributed by atoms with Crippen LogP contribution in [0.5, 0.6) is 0 Å². The van der Waals surface area contributed by atoms with Gasteiger partial charge in [-0.05, 0) is 31.9 Å². The highest BCUT2D eigenvalue weighted by molar-refractivity contribution is 9.42. The summed E-state index contributed by atoms with van der Waals surface area (Å²) >= 11 is 52.6. The molecule has 0 bridgehead atoms. The van der Waals surface area contributed by atoms with E-state index in [1.165, 1.54) is 0 Å². The molecule has 0 aliphatic heterocycles. The van der Waals surface area contributed by atoms with Crippen molar-refractivity contribution >= 4 is 239 Å². The van der Waals surface area contributed by atoms with Gasteiger partial charge in [-0.1, -0.05) is 207 Å². The highest BCUT2D eigenvalue weighted by Gasteiger charge is 2.77. The van der Waals surface area contributed by atoms with Crippen LogP contribution in [-0.4, -0.2) is 21.7 Å². The maximum absolute atomic E-state index is 12.6. The van der Waals surface area contributed by atoms with E-state index < -0.39 is 21.7 Å². The SMILES string of the molecule is [O]C(Br)(Br)C(Br)(Br)C(Br)(Br)C(Br)(Br)C(Br)(C(Br)(Br)Br)C(Br)(Br)Br. The topological polar surface area (TPSA) is 19.9 Å². The van der Waals surface area contributed by atoms with Crippen LogP contribution >= 0.6 is 239 Å². The maximum atomic E-state index is 12.6. The van der Waals surface area contributed by atoms with Gasteiger partial charge in [-0.3, -0.25) is 0 Å². The lowest BCUT2D eigenvalue weighted by Gasteiger charge is -2.57. The normalized spacial score (nSPS) is 16.7. The first kappa shape index (κ1) is 30.2. The van der Waals surface area contributed by atoms with Gasteiger partial charge in [0.15, 0.2) is 7.52 Å². The van der Waals surface area contributed by atoms with Crippen molar-refractivity contribution in [2.75, 3.05) is 0 Å². The van der Waals surface area contributed by atoms with Gasteiger partial charge in [0.25, 0.3) is 0 Å².